The van der Waals surface area contributed by atoms with Crippen molar-refractivity contribution in [3.05, 3.63) is 60.7 Å². The molecule has 0 aliphatic rings. The minimum Gasteiger partial charge on any atom is -0.469 e. The summed E-state index contributed by atoms with van der Waals surface area (Å²) in [5.74, 6) is -0.175. The maximum atomic E-state index is 11.2. The first-order valence-electron chi connectivity index (χ1n) is 10.8. The van der Waals surface area contributed by atoms with E-state index < -0.39 is 14.4 Å². The summed E-state index contributed by atoms with van der Waals surface area (Å²) in [7, 11) is -1.20. The Morgan fingerprint density at radius 3 is 1.93 bits per heavy atom. The molecule has 164 valence electrons. The van der Waals surface area contributed by atoms with E-state index in [-0.39, 0.29) is 11.0 Å². The molecule has 0 saturated heterocycles. The highest BCUT2D eigenvalue weighted by molar-refractivity contribution is 6.99. The SMILES string of the molecule is COC(=O)CCCCCC(O)CO[Si](c1ccccc1)(c1ccccc1)C(C)(C)C. The summed E-state index contributed by atoms with van der Waals surface area (Å²) in [5, 5.41) is 13.0. The van der Waals surface area contributed by atoms with Crippen LogP contribution in [0.3, 0.4) is 0 Å². The Labute approximate surface area is 182 Å². The molecule has 0 spiro atoms. The zero-order valence-electron chi connectivity index (χ0n) is 18.8. The number of aliphatic hydroxyl groups excluding tert-OH is 1. The Kier molecular flexibility index (Phi) is 9.27. The van der Waals surface area contributed by atoms with Gasteiger partial charge in [-0.2, -0.15) is 0 Å². The molecule has 0 bridgehead atoms. The smallest absolute Gasteiger partial charge is 0.305 e. The fraction of sp³-hybridized carbons (Fsp3) is 0.480. The Hall–Kier alpha value is -1.95. The van der Waals surface area contributed by atoms with Crippen molar-refractivity contribution in [1.29, 1.82) is 0 Å². The molecule has 2 aromatic carbocycles. The molecule has 1 atom stereocenters. The first-order chi connectivity index (χ1) is 14.3. The topological polar surface area (TPSA) is 55.8 Å². The zero-order valence-corrected chi connectivity index (χ0v) is 19.8. The second kappa shape index (κ2) is 11.4. The number of benzene rings is 2. The van der Waals surface area contributed by atoms with Crippen molar-refractivity contribution in [2.75, 3.05) is 13.7 Å². The summed E-state index contributed by atoms with van der Waals surface area (Å²) >= 11 is 0. The van der Waals surface area contributed by atoms with Gasteiger partial charge < -0.3 is 14.3 Å². The highest BCUT2D eigenvalue weighted by Crippen LogP contribution is 2.36. The van der Waals surface area contributed by atoms with Gasteiger partial charge in [0.25, 0.3) is 8.32 Å². The summed E-state index contributed by atoms with van der Waals surface area (Å²) in [6.45, 7) is 7.01. The van der Waals surface area contributed by atoms with E-state index in [0.29, 0.717) is 19.4 Å². The van der Waals surface area contributed by atoms with Crippen LogP contribution in [0.4, 0.5) is 0 Å². The number of rotatable bonds is 11. The molecule has 0 fully saturated rings. The first-order valence-corrected chi connectivity index (χ1v) is 12.7. The van der Waals surface area contributed by atoms with Crippen LogP contribution in [0.2, 0.25) is 5.04 Å². The van der Waals surface area contributed by atoms with Crippen LogP contribution in [-0.2, 0) is 14.0 Å². The van der Waals surface area contributed by atoms with Crippen molar-refractivity contribution in [3.8, 4) is 0 Å². The first kappa shape index (κ1) is 24.3. The molecule has 5 heteroatoms. The molecule has 1 N–H and O–H groups in total. The normalized spacial score (nSPS) is 13.1. The number of hydrogen-bond donors (Lipinski definition) is 1. The molecule has 0 aromatic heterocycles. The Bertz CT molecular complexity index is 716. The van der Waals surface area contributed by atoms with E-state index in [4.69, 9.17) is 4.43 Å². The summed E-state index contributed by atoms with van der Waals surface area (Å²) in [4.78, 5) is 11.2. The average molecular weight is 429 g/mol. The van der Waals surface area contributed by atoms with Crippen LogP contribution in [0.25, 0.3) is 0 Å². The summed E-state index contributed by atoms with van der Waals surface area (Å²) in [6, 6.07) is 20.9. The highest BCUT2D eigenvalue weighted by atomic mass is 28.4. The van der Waals surface area contributed by atoms with Gasteiger partial charge in [0, 0.05) is 6.42 Å². The number of methoxy groups -OCH3 is 1. The van der Waals surface area contributed by atoms with Crippen LogP contribution in [0.1, 0.15) is 52.9 Å². The number of esters is 1. The minimum absolute atomic E-state index is 0.101. The molecule has 30 heavy (non-hydrogen) atoms. The van der Waals surface area contributed by atoms with Crippen molar-refractivity contribution in [3.63, 3.8) is 0 Å². The van der Waals surface area contributed by atoms with Gasteiger partial charge in [-0.1, -0.05) is 94.3 Å². The quantitative estimate of drug-likeness (QED) is 0.333. The number of carbonyl (C=O) groups is 1. The highest BCUT2D eigenvalue weighted by Gasteiger charge is 2.50. The van der Waals surface area contributed by atoms with Crippen molar-refractivity contribution < 1.29 is 19.1 Å². The Morgan fingerprint density at radius 1 is 0.933 bits per heavy atom. The van der Waals surface area contributed by atoms with E-state index in [1.165, 1.54) is 17.5 Å². The standard InChI is InChI=1S/C25H36O4Si/c1-25(2,3)30(22-15-9-6-10-16-22,23-17-11-7-12-18-23)29-20-21(26)14-8-5-13-19-24(27)28-4/h6-7,9-12,15-18,21,26H,5,8,13-14,19-20H2,1-4H3. The molecule has 0 aliphatic carbocycles. The van der Waals surface area contributed by atoms with Crippen molar-refractivity contribution in [2.45, 2.75) is 64.0 Å². The maximum Gasteiger partial charge on any atom is 0.305 e. The van der Waals surface area contributed by atoms with Gasteiger partial charge in [0.05, 0.1) is 19.8 Å². The predicted molar refractivity (Wildman–Crippen MR) is 125 cm³/mol. The van der Waals surface area contributed by atoms with E-state index in [2.05, 4.69) is 74.0 Å². The van der Waals surface area contributed by atoms with Gasteiger partial charge >= 0.3 is 5.97 Å². The fourth-order valence-electron chi connectivity index (χ4n) is 3.99. The molecular formula is C25H36O4Si. The molecule has 0 saturated carbocycles. The van der Waals surface area contributed by atoms with Crippen LogP contribution >= 0.6 is 0 Å². The van der Waals surface area contributed by atoms with Crippen molar-refractivity contribution >= 4 is 24.7 Å². The summed E-state index contributed by atoms with van der Waals surface area (Å²) in [6.07, 6.45) is 3.12. The largest absolute Gasteiger partial charge is 0.469 e. The van der Waals surface area contributed by atoms with Gasteiger partial charge in [-0.25, -0.2) is 0 Å². The lowest BCUT2D eigenvalue weighted by Crippen LogP contribution is -2.67. The van der Waals surface area contributed by atoms with Gasteiger partial charge in [0.1, 0.15) is 0 Å². The maximum absolute atomic E-state index is 11.2. The van der Waals surface area contributed by atoms with Crippen molar-refractivity contribution in [2.24, 2.45) is 0 Å². The lowest BCUT2D eigenvalue weighted by atomic mass is 10.1. The Morgan fingerprint density at radius 2 is 1.47 bits per heavy atom. The van der Waals surface area contributed by atoms with E-state index in [1.54, 1.807) is 0 Å². The number of carbonyl (C=O) groups excluding carboxylic acids is 1. The number of hydrogen-bond acceptors (Lipinski definition) is 4. The molecule has 0 amide bonds. The van der Waals surface area contributed by atoms with Gasteiger partial charge in [-0.15, -0.1) is 0 Å². The summed E-state index contributed by atoms with van der Waals surface area (Å²) < 4.78 is 11.4. The van der Waals surface area contributed by atoms with E-state index >= 15 is 0 Å². The molecule has 1 unspecified atom stereocenters. The third-order valence-corrected chi connectivity index (χ3v) is 10.6. The summed E-state index contributed by atoms with van der Waals surface area (Å²) in [5.41, 5.74) is 0. The lowest BCUT2D eigenvalue weighted by Gasteiger charge is -2.43. The number of unbranched alkanes of at least 4 members (excludes halogenated alkanes) is 2. The Balaban J connectivity index is 2.12. The fourth-order valence-corrected chi connectivity index (χ4v) is 8.59. The predicted octanol–water partition coefficient (Wildman–Crippen LogP) is 4.05. The average Bonchev–Trinajstić information content (AvgIpc) is 2.74. The molecule has 0 radical (unpaired) electrons. The second-order valence-electron chi connectivity index (χ2n) is 8.80. The molecule has 0 aliphatic heterocycles. The second-order valence-corrected chi connectivity index (χ2v) is 13.1. The third kappa shape index (κ3) is 6.27. The van der Waals surface area contributed by atoms with Gasteiger partial charge in [-0.05, 0) is 28.3 Å². The molecular weight excluding hydrogens is 392 g/mol. The van der Waals surface area contributed by atoms with Crippen molar-refractivity contribution in [1.82, 2.24) is 0 Å². The van der Waals surface area contributed by atoms with Crippen LogP contribution in [0.15, 0.2) is 60.7 Å². The van der Waals surface area contributed by atoms with E-state index in [0.717, 1.165) is 19.3 Å². The van der Waals surface area contributed by atoms with Gasteiger partial charge in [0.2, 0.25) is 0 Å². The van der Waals surface area contributed by atoms with E-state index in [9.17, 15) is 9.90 Å². The lowest BCUT2D eigenvalue weighted by molar-refractivity contribution is -0.140. The van der Waals surface area contributed by atoms with Crippen LogP contribution in [-0.4, -0.2) is 39.2 Å². The van der Waals surface area contributed by atoms with Crippen LogP contribution < -0.4 is 10.4 Å². The third-order valence-electron chi connectivity index (χ3n) is 5.55. The zero-order chi connectivity index (χ0) is 22.0. The van der Waals surface area contributed by atoms with E-state index in [1.807, 2.05) is 12.1 Å². The van der Waals surface area contributed by atoms with Crippen LogP contribution in [0.5, 0.6) is 0 Å². The number of aliphatic hydroxyl groups is 1. The van der Waals surface area contributed by atoms with Gasteiger partial charge in [0.15, 0.2) is 0 Å². The molecule has 4 nitrogen and oxygen atoms in total. The monoisotopic (exact) mass is 428 g/mol. The molecule has 2 rings (SSSR count). The van der Waals surface area contributed by atoms with Crippen LogP contribution in [0, 0.1) is 0 Å². The molecule has 2 aromatic rings. The van der Waals surface area contributed by atoms with Gasteiger partial charge in [-0.3, -0.25) is 4.79 Å². The number of ether oxygens (including phenoxy) is 1. The molecule has 0 heterocycles. The minimum atomic E-state index is -2.61.